The van der Waals surface area contributed by atoms with Crippen LogP contribution in [0.5, 0.6) is 0 Å². The first-order valence-corrected chi connectivity index (χ1v) is 6.33. The molecular formula is C13H16OS. The predicted octanol–water partition coefficient (Wildman–Crippen LogP) is 3.78. The highest BCUT2D eigenvalue weighted by molar-refractivity contribution is 7.14. The Morgan fingerprint density at radius 2 is 2.33 bits per heavy atom. The molecule has 2 heteroatoms. The number of Topliss-reactive ketones (excluding diaryl/α,β-unsaturated/α-hetero) is 1. The number of allylic oxidation sites excluding steroid dienone is 1. The summed E-state index contributed by atoms with van der Waals surface area (Å²) in [6.45, 7) is 5.93. The van der Waals surface area contributed by atoms with E-state index in [9.17, 15) is 4.79 Å². The Hall–Kier alpha value is -0.890. The fraction of sp³-hybridized carbons (Fsp3) is 0.462. The summed E-state index contributed by atoms with van der Waals surface area (Å²) in [7, 11) is 0. The summed E-state index contributed by atoms with van der Waals surface area (Å²) >= 11 is 1.69. The summed E-state index contributed by atoms with van der Waals surface area (Å²) in [6.07, 6.45) is 5.01. The second-order valence-electron chi connectivity index (χ2n) is 4.12. The van der Waals surface area contributed by atoms with Crippen LogP contribution in [0.1, 0.15) is 46.3 Å². The van der Waals surface area contributed by atoms with E-state index in [1.165, 1.54) is 23.3 Å². The van der Waals surface area contributed by atoms with E-state index in [0.29, 0.717) is 6.42 Å². The number of hydrogen-bond acceptors (Lipinski definition) is 2. The van der Waals surface area contributed by atoms with Gasteiger partial charge in [-0.3, -0.25) is 4.79 Å². The van der Waals surface area contributed by atoms with E-state index in [-0.39, 0.29) is 5.78 Å². The largest absolute Gasteiger partial charge is 0.293 e. The maximum absolute atomic E-state index is 11.9. The maximum atomic E-state index is 11.9. The number of rotatable bonds is 4. The van der Waals surface area contributed by atoms with Crippen molar-refractivity contribution >= 4 is 17.1 Å². The number of carbonyl (C=O) groups excluding carboxylic acids is 1. The van der Waals surface area contributed by atoms with Crippen molar-refractivity contribution in [3.8, 4) is 0 Å². The Balaban J connectivity index is 2.09. The van der Waals surface area contributed by atoms with E-state index < -0.39 is 0 Å². The summed E-state index contributed by atoms with van der Waals surface area (Å²) in [5, 5.41) is 0. The van der Waals surface area contributed by atoms with Crippen LogP contribution in [0, 0.1) is 0 Å². The van der Waals surface area contributed by atoms with Crippen molar-refractivity contribution in [1.29, 1.82) is 0 Å². The highest BCUT2D eigenvalue weighted by atomic mass is 32.1. The lowest BCUT2D eigenvalue weighted by atomic mass is 10.1. The summed E-state index contributed by atoms with van der Waals surface area (Å²) < 4.78 is 0. The summed E-state index contributed by atoms with van der Waals surface area (Å²) in [4.78, 5) is 14.2. The van der Waals surface area contributed by atoms with Gasteiger partial charge in [0.05, 0.1) is 4.88 Å². The lowest BCUT2D eigenvalue weighted by Crippen LogP contribution is -1.97. The van der Waals surface area contributed by atoms with E-state index in [2.05, 4.69) is 12.6 Å². The molecule has 0 bridgehead atoms. The average molecular weight is 220 g/mol. The number of ketones is 1. The molecule has 1 aromatic heterocycles. The molecule has 80 valence electrons. The number of fused-ring (bicyclic) bond motifs is 1. The maximum Gasteiger partial charge on any atom is 0.176 e. The van der Waals surface area contributed by atoms with Crippen molar-refractivity contribution in [3.63, 3.8) is 0 Å². The Morgan fingerprint density at radius 3 is 3.00 bits per heavy atom. The average Bonchev–Trinajstić information content (AvgIpc) is 2.76. The number of thiophene rings is 1. The van der Waals surface area contributed by atoms with Gasteiger partial charge in [-0.1, -0.05) is 19.1 Å². The Kier molecular flexibility index (Phi) is 3.06. The van der Waals surface area contributed by atoms with Gasteiger partial charge in [0.15, 0.2) is 5.78 Å². The first kappa shape index (κ1) is 10.6. The smallest absolute Gasteiger partial charge is 0.176 e. The van der Waals surface area contributed by atoms with Crippen LogP contribution in [-0.2, 0) is 12.8 Å². The van der Waals surface area contributed by atoms with Crippen LogP contribution in [0.4, 0.5) is 0 Å². The normalized spacial score (nSPS) is 13.9. The minimum absolute atomic E-state index is 0.251. The minimum atomic E-state index is 0.251. The minimum Gasteiger partial charge on any atom is -0.293 e. The second kappa shape index (κ2) is 4.31. The zero-order valence-electron chi connectivity index (χ0n) is 9.14. The molecule has 0 N–H and O–H groups in total. The third-order valence-electron chi connectivity index (χ3n) is 2.93. The van der Waals surface area contributed by atoms with Crippen molar-refractivity contribution in [3.05, 3.63) is 33.5 Å². The highest BCUT2D eigenvalue weighted by Crippen LogP contribution is 2.31. The first-order chi connectivity index (χ1) is 7.20. The van der Waals surface area contributed by atoms with Gasteiger partial charge in [0.2, 0.25) is 0 Å². The van der Waals surface area contributed by atoms with Gasteiger partial charge in [0, 0.05) is 11.3 Å². The molecule has 1 aliphatic rings. The van der Waals surface area contributed by atoms with E-state index in [0.717, 1.165) is 23.3 Å². The van der Waals surface area contributed by atoms with Gasteiger partial charge in [-0.05, 0) is 37.3 Å². The van der Waals surface area contributed by atoms with E-state index in [1.807, 2.05) is 6.92 Å². The molecule has 1 heterocycles. The van der Waals surface area contributed by atoms with Gasteiger partial charge in [-0.25, -0.2) is 0 Å². The molecule has 0 unspecified atom stereocenters. The summed E-state index contributed by atoms with van der Waals surface area (Å²) in [6, 6.07) is 2.10. The van der Waals surface area contributed by atoms with Gasteiger partial charge >= 0.3 is 0 Å². The molecule has 0 aromatic carbocycles. The molecule has 0 aliphatic heterocycles. The number of aryl methyl sites for hydroxylation is 2. The summed E-state index contributed by atoms with van der Waals surface area (Å²) in [5.41, 5.74) is 2.44. The molecule has 0 spiro atoms. The lowest BCUT2D eigenvalue weighted by molar-refractivity contribution is 0.0996. The fourth-order valence-corrected chi connectivity index (χ4v) is 3.10. The van der Waals surface area contributed by atoms with Crippen LogP contribution in [0.3, 0.4) is 0 Å². The van der Waals surface area contributed by atoms with Crippen molar-refractivity contribution in [1.82, 2.24) is 0 Å². The van der Waals surface area contributed by atoms with Crippen LogP contribution in [0.2, 0.25) is 0 Å². The monoisotopic (exact) mass is 220 g/mol. The van der Waals surface area contributed by atoms with Crippen LogP contribution >= 0.6 is 11.3 Å². The van der Waals surface area contributed by atoms with Crippen LogP contribution in [-0.4, -0.2) is 5.78 Å². The molecule has 1 nitrogen and oxygen atoms in total. The Bertz CT molecular complexity index is 379. The van der Waals surface area contributed by atoms with Gasteiger partial charge in [-0.2, -0.15) is 0 Å². The Morgan fingerprint density at radius 1 is 1.53 bits per heavy atom. The topological polar surface area (TPSA) is 17.1 Å². The lowest BCUT2D eigenvalue weighted by Gasteiger charge is -1.99. The highest BCUT2D eigenvalue weighted by Gasteiger charge is 2.18. The zero-order valence-corrected chi connectivity index (χ0v) is 9.95. The SMILES string of the molecule is C=C(CC)CC(=O)c1cc2c(s1)CCC2. The molecule has 0 radical (unpaired) electrons. The number of carbonyl (C=O) groups is 1. The fourth-order valence-electron chi connectivity index (χ4n) is 1.91. The molecule has 0 atom stereocenters. The first-order valence-electron chi connectivity index (χ1n) is 5.52. The van der Waals surface area contributed by atoms with Crippen LogP contribution in [0.25, 0.3) is 0 Å². The zero-order chi connectivity index (χ0) is 10.8. The molecule has 0 fully saturated rings. The Labute approximate surface area is 94.8 Å². The quantitative estimate of drug-likeness (QED) is 0.557. The standard InChI is InChI=1S/C13H16OS/c1-3-9(2)7-11(14)13-8-10-5-4-6-12(10)15-13/h8H,2-7H2,1H3. The van der Waals surface area contributed by atoms with Crippen molar-refractivity contribution in [2.45, 2.75) is 39.0 Å². The summed E-state index contributed by atoms with van der Waals surface area (Å²) in [5.74, 6) is 0.251. The van der Waals surface area contributed by atoms with Crippen LogP contribution in [0.15, 0.2) is 18.2 Å². The molecule has 15 heavy (non-hydrogen) atoms. The third-order valence-corrected chi connectivity index (χ3v) is 4.21. The molecule has 0 saturated carbocycles. The van der Waals surface area contributed by atoms with E-state index >= 15 is 0 Å². The third kappa shape index (κ3) is 2.20. The molecular weight excluding hydrogens is 204 g/mol. The van der Waals surface area contributed by atoms with Crippen molar-refractivity contribution < 1.29 is 4.79 Å². The molecule has 1 aromatic rings. The molecule has 1 aliphatic carbocycles. The predicted molar refractivity (Wildman–Crippen MR) is 64.7 cm³/mol. The van der Waals surface area contributed by atoms with Gasteiger partial charge < -0.3 is 0 Å². The van der Waals surface area contributed by atoms with Crippen molar-refractivity contribution in [2.24, 2.45) is 0 Å². The van der Waals surface area contributed by atoms with E-state index in [4.69, 9.17) is 0 Å². The van der Waals surface area contributed by atoms with Gasteiger partial charge in [-0.15, -0.1) is 11.3 Å². The van der Waals surface area contributed by atoms with Gasteiger partial charge in [0.1, 0.15) is 0 Å². The van der Waals surface area contributed by atoms with Crippen LogP contribution < -0.4 is 0 Å². The van der Waals surface area contributed by atoms with E-state index in [1.54, 1.807) is 11.3 Å². The van der Waals surface area contributed by atoms with Crippen molar-refractivity contribution in [2.75, 3.05) is 0 Å². The van der Waals surface area contributed by atoms with Gasteiger partial charge in [0.25, 0.3) is 0 Å². The molecule has 0 saturated heterocycles. The second-order valence-corrected chi connectivity index (χ2v) is 5.25. The molecule has 0 amide bonds. The molecule has 2 rings (SSSR count). The number of hydrogen-bond donors (Lipinski definition) is 0.